The predicted molar refractivity (Wildman–Crippen MR) is 85.8 cm³/mol. The van der Waals surface area contributed by atoms with Gasteiger partial charge in [0.05, 0.1) is 31.2 Å². The molecule has 0 radical (unpaired) electrons. The summed E-state index contributed by atoms with van der Waals surface area (Å²) < 4.78 is 38.2. The van der Waals surface area contributed by atoms with Crippen LogP contribution < -0.4 is 14.8 Å². The van der Waals surface area contributed by atoms with Crippen molar-refractivity contribution in [2.45, 2.75) is 31.8 Å². The minimum Gasteiger partial charge on any atom is -0.485 e. The summed E-state index contributed by atoms with van der Waals surface area (Å²) in [5, 5.41) is 2.19. The van der Waals surface area contributed by atoms with Gasteiger partial charge in [-0.2, -0.15) is 0 Å². The SMILES string of the molecule is COc1ncc(C(=O)Nc2c(F)cncc2F)cc1OC1CCCC1. The summed E-state index contributed by atoms with van der Waals surface area (Å²) in [5.74, 6) is -2.05. The number of rotatable bonds is 5. The van der Waals surface area contributed by atoms with Crippen LogP contribution in [0.1, 0.15) is 36.0 Å². The number of nitrogens with zero attached hydrogens (tertiary/aromatic N) is 2. The third-order valence-electron chi connectivity index (χ3n) is 3.96. The summed E-state index contributed by atoms with van der Waals surface area (Å²) in [5.41, 5.74) is -0.460. The van der Waals surface area contributed by atoms with Crippen molar-refractivity contribution >= 4 is 11.6 Å². The van der Waals surface area contributed by atoms with Gasteiger partial charge in [-0.15, -0.1) is 0 Å². The molecule has 3 rings (SSSR count). The molecule has 1 aliphatic rings. The van der Waals surface area contributed by atoms with Gasteiger partial charge in [0.15, 0.2) is 17.4 Å². The molecule has 25 heavy (non-hydrogen) atoms. The molecule has 1 aliphatic carbocycles. The molecule has 1 N–H and O–H groups in total. The Hall–Kier alpha value is -2.77. The van der Waals surface area contributed by atoms with Crippen LogP contribution >= 0.6 is 0 Å². The van der Waals surface area contributed by atoms with E-state index < -0.39 is 23.2 Å². The summed E-state index contributed by atoms with van der Waals surface area (Å²) in [6, 6.07) is 1.45. The first kappa shape index (κ1) is 17.1. The van der Waals surface area contributed by atoms with E-state index in [9.17, 15) is 13.6 Å². The summed E-state index contributed by atoms with van der Waals surface area (Å²) in [4.78, 5) is 19.7. The molecule has 8 heteroatoms. The maximum Gasteiger partial charge on any atom is 0.257 e. The highest BCUT2D eigenvalue weighted by atomic mass is 19.1. The Morgan fingerprint density at radius 1 is 1.20 bits per heavy atom. The van der Waals surface area contributed by atoms with Crippen LogP contribution in [0, 0.1) is 11.6 Å². The molecular weight excluding hydrogens is 332 g/mol. The van der Waals surface area contributed by atoms with Gasteiger partial charge < -0.3 is 14.8 Å². The minimum atomic E-state index is -0.961. The smallest absolute Gasteiger partial charge is 0.257 e. The second-order valence-electron chi connectivity index (χ2n) is 5.69. The molecule has 1 saturated carbocycles. The Labute approximate surface area is 143 Å². The summed E-state index contributed by atoms with van der Waals surface area (Å²) in [6.45, 7) is 0. The number of carbonyl (C=O) groups excluding carboxylic acids is 1. The highest BCUT2D eigenvalue weighted by Crippen LogP contribution is 2.31. The normalized spacial score (nSPS) is 14.4. The summed E-state index contributed by atoms with van der Waals surface area (Å²) in [6.07, 6.45) is 6.96. The molecule has 0 spiro atoms. The number of aromatic nitrogens is 2. The molecule has 2 heterocycles. The van der Waals surface area contributed by atoms with E-state index in [4.69, 9.17) is 9.47 Å². The molecule has 2 aromatic rings. The van der Waals surface area contributed by atoms with Crippen molar-refractivity contribution in [3.05, 3.63) is 41.9 Å². The number of pyridine rings is 2. The first-order chi connectivity index (χ1) is 12.1. The number of amides is 1. The lowest BCUT2D eigenvalue weighted by Crippen LogP contribution is -2.16. The van der Waals surface area contributed by atoms with Gasteiger partial charge in [-0.25, -0.2) is 13.8 Å². The lowest BCUT2D eigenvalue weighted by Gasteiger charge is -2.16. The van der Waals surface area contributed by atoms with Crippen LogP contribution in [0.25, 0.3) is 0 Å². The number of nitrogens with one attached hydrogen (secondary N) is 1. The average molecular weight is 349 g/mol. The summed E-state index contributed by atoms with van der Waals surface area (Å²) in [7, 11) is 1.45. The Morgan fingerprint density at radius 2 is 1.88 bits per heavy atom. The standard InChI is InChI=1S/C17H17F2N3O3/c1-24-17-14(25-11-4-2-3-5-11)6-10(7-21-17)16(23)22-15-12(18)8-20-9-13(15)19/h6-9,11H,2-5H2,1H3,(H,20,22,23). The van der Waals surface area contributed by atoms with E-state index >= 15 is 0 Å². The third-order valence-corrected chi connectivity index (χ3v) is 3.96. The number of hydrogen-bond acceptors (Lipinski definition) is 5. The fourth-order valence-electron chi connectivity index (χ4n) is 2.70. The van der Waals surface area contributed by atoms with Crippen molar-refractivity contribution in [3.63, 3.8) is 0 Å². The van der Waals surface area contributed by atoms with Crippen LogP contribution in [-0.4, -0.2) is 29.1 Å². The molecular formula is C17H17F2N3O3. The van der Waals surface area contributed by atoms with Gasteiger partial charge in [-0.1, -0.05) is 0 Å². The fraction of sp³-hybridized carbons (Fsp3) is 0.353. The van der Waals surface area contributed by atoms with E-state index in [-0.39, 0.29) is 17.5 Å². The molecule has 132 valence electrons. The Morgan fingerprint density at radius 3 is 2.52 bits per heavy atom. The molecule has 0 aromatic carbocycles. The number of carbonyl (C=O) groups is 1. The number of hydrogen-bond donors (Lipinski definition) is 1. The molecule has 0 bridgehead atoms. The van der Waals surface area contributed by atoms with E-state index in [1.54, 1.807) is 0 Å². The van der Waals surface area contributed by atoms with Crippen molar-refractivity contribution in [3.8, 4) is 11.6 Å². The maximum absolute atomic E-state index is 13.6. The van der Waals surface area contributed by atoms with Gasteiger partial charge in [0.2, 0.25) is 0 Å². The molecule has 0 aliphatic heterocycles. The van der Waals surface area contributed by atoms with Gasteiger partial charge >= 0.3 is 0 Å². The second-order valence-corrected chi connectivity index (χ2v) is 5.69. The van der Waals surface area contributed by atoms with E-state index in [1.807, 2.05) is 0 Å². The maximum atomic E-state index is 13.6. The van der Waals surface area contributed by atoms with E-state index in [2.05, 4.69) is 15.3 Å². The first-order valence-corrected chi connectivity index (χ1v) is 7.89. The molecule has 6 nitrogen and oxygen atoms in total. The third kappa shape index (κ3) is 3.84. The van der Waals surface area contributed by atoms with Gasteiger partial charge in [0, 0.05) is 12.3 Å². The Balaban J connectivity index is 1.82. The fourth-order valence-corrected chi connectivity index (χ4v) is 2.70. The minimum absolute atomic E-state index is 0.0455. The van der Waals surface area contributed by atoms with Crippen molar-refractivity contribution < 1.29 is 23.0 Å². The monoisotopic (exact) mass is 349 g/mol. The zero-order valence-corrected chi connectivity index (χ0v) is 13.6. The number of ether oxygens (including phenoxy) is 2. The molecule has 2 aromatic heterocycles. The van der Waals surface area contributed by atoms with E-state index in [1.165, 1.54) is 19.4 Å². The molecule has 0 unspecified atom stereocenters. The quantitative estimate of drug-likeness (QED) is 0.896. The number of anilines is 1. The van der Waals surface area contributed by atoms with Gasteiger partial charge in [-0.3, -0.25) is 9.78 Å². The highest BCUT2D eigenvalue weighted by Gasteiger charge is 2.21. The van der Waals surface area contributed by atoms with Crippen LogP contribution in [0.15, 0.2) is 24.7 Å². The van der Waals surface area contributed by atoms with E-state index in [0.29, 0.717) is 5.75 Å². The molecule has 0 atom stereocenters. The average Bonchev–Trinajstić information content (AvgIpc) is 3.11. The van der Waals surface area contributed by atoms with Crippen molar-refractivity contribution in [2.24, 2.45) is 0 Å². The highest BCUT2D eigenvalue weighted by molar-refractivity contribution is 6.04. The van der Waals surface area contributed by atoms with Gasteiger partial charge in [0.25, 0.3) is 11.8 Å². The van der Waals surface area contributed by atoms with Crippen molar-refractivity contribution in [1.29, 1.82) is 0 Å². The Bertz CT molecular complexity index is 759. The lowest BCUT2D eigenvalue weighted by atomic mass is 10.2. The van der Waals surface area contributed by atoms with Crippen LogP contribution in [-0.2, 0) is 0 Å². The second kappa shape index (κ2) is 7.42. The van der Waals surface area contributed by atoms with Gasteiger partial charge in [0.1, 0.15) is 5.69 Å². The molecule has 1 fully saturated rings. The topological polar surface area (TPSA) is 73.3 Å². The van der Waals surface area contributed by atoms with Crippen LogP contribution in [0.5, 0.6) is 11.6 Å². The molecule has 0 saturated heterocycles. The first-order valence-electron chi connectivity index (χ1n) is 7.89. The zero-order valence-electron chi connectivity index (χ0n) is 13.6. The zero-order chi connectivity index (χ0) is 17.8. The number of methoxy groups -OCH3 is 1. The largest absolute Gasteiger partial charge is 0.485 e. The van der Waals surface area contributed by atoms with Crippen LogP contribution in [0.4, 0.5) is 14.5 Å². The lowest BCUT2D eigenvalue weighted by molar-refractivity contribution is 0.102. The predicted octanol–water partition coefficient (Wildman–Crippen LogP) is 3.34. The molecule has 1 amide bonds. The number of halogens is 2. The van der Waals surface area contributed by atoms with E-state index in [0.717, 1.165) is 38.1 Å². The van der Waals surface area contributed by atoms with Crippen molar-refractivity contribution in [2.75, 3.05) is 12.4 Å². The van der Waals surface area contributed by atoms with Crippen LogP contribution in [0.3, 0.4) is 0 Å². The van der Waals surface area contributed by atoms with Crippen LogP contribution in [0.2, 0.25) is 0 Å². The van der Waals surface area contributed by atoms with Crippen molar-refractivity contribution in [1.82, 2.24) is 9.97 Å². The Kier molecular flexibility index (Phi) is 5.06. The summed E-state index contributed by atoms with van der Waals surface area (Å²) >= 11 is 0. The van der Waals surface area contributed by atoms with Gasteiger partial charge in [-0.05, 0) is 25.7 Å².